The molecule has 1 unspecified atom stereocenters. The summed E-state index contributed by atoms with van der Waals surface area (Å²) in [5, 5.41) is 0. The van der Waals surface area contributed by atoms with E-state index in [0.717, 1.165) is 40.4 Å². The zero-order chi connectivity index (χ0) is 37.4. The minimum atomic E-state index is -0.426. The summed E-state index contributed by atoms with van der Waals surface area (Å²) in [6.07, 6.45) is 3.24. The molecule has 0 saturated carbocycles. The lowest BCUT2D eigenvalue weighted by Gasteiger charge is -2.33. The fourth-order valence-corrected chi connectivity index (χ4v) is 9.00. The summed E-state index contributed by atoms with van der Waals surface area (Å²) < 4.78 is 0. The molecule has 0 bridgehead atoms. The molecule has 9 rings (SSSR count). The van der Waals surface area contributed by atoms with Crippen LogP contribution in [-0.4, -0.2) is 11.5 Å². The lowest BCUT2D eigenvalue weighted by molar-refractivity contribution is 0.586. The maximum absolute atomic E-state index is 5.48. The minimum absolute atomic E-state index is 0.0172. The third-order valence-corrected chi connectivity index (χ3v) is 11.9. The van der Waals surface area contributed by atoms with Gasteiger partial charge in [-0.15, -0.1) is 0 Å². The van der Waals surface area contributed by atoms with Crippen molar-refractivity contribution in [2.75, 3.05) is 0 Å². The van der Waals surface area contributed by atoms with Gasteiger partial charge in [-0.25, -0.2) is 9.98 Å². The third kappa shape index (κ3) is 5.29. The molecule has 0 radical (unpaired) electrons. The quantitative estimate of drug-likeness (QED) is 0.175. The maximum atomic E-state index is 5.48. The number of fused-ring (bicyclic) bond motifs is 10. The van der Waals surface area contributed by atoms with Gasteiger partial charge in [-0.2, -0.15) is 0 Å². The van der Waals surface area contributed by atoms with E-state index in [4.69, 9.17) is 9.98 Å². The van der Waals surface area contributed by atoms with Crippen LogP contribution >= 0.6 is 0 Å². The Bertz CT molecular complexity index is 2470. The molecule has 0 fully saturated rings. The normalized spacial score (nSPS) is 16.8. The molecule has 1 spiro atoms. The zero-order valence-corrected chi connectivity index (χ0v) is 32.5. The summed E-state index contributed by atoms with van der Waals surface area (Å²) >= 11 is 0. The van der Waals surface area contributed by atoms with E-state index < -0.39 is 5.41 Å². The highest BCUT2D eigenvalue weighted by Gasteiger charge is 2.52. The first-order valence-corrected chi connectivity index (χ1v) is 19.5. The topological polar surface area (TPSA) is 24.7 Å². The summed E-state index contributed by atoms with van der Waals surface area (Å²) in [6, 6.07) is 51.8. The molecule has 0 saturated heterocycles. The number of aliphatic imine (C=N–C) groups is 2. The van der Waals surface area contributed by atoms with Crippen LogP contribution in [0.3, 0.4) is 0 Å². The van der Waals surface area contributed by atoms with Crippen molar-refractivity contribution in [3.05, 3.63) is 196 Å². The molecule has 1 atom stereocenters. The first-order valence-electron chi connectivity index (χ1n) is 19.5. The summed E-state index contributed by atoms with van der Waals surface area (Å²) in [5.41, 5.74) is 18.4. The molecule has 2 aliphatic carbocycles. The summed E-state index contributed by atoms with van der Waals surface area (Å²) in [7, 11) is 0. The van der Waals surface area contributed by atoms with Crippen molar-refractivity contribution in [1.82, 2.24) is 0 Å². The van der Waals surface area contributed by atoms with Gasteiger partial charge in [-0.05, 0) is 96.2 Å². The molecule has 6 aromatic carbocycles. The Morgan fingerprint density at radius 1 is 0.481 bits per heavy atom. The van der Waals surface area contributed by atoms with Crippen LogP contribution in [0.2, 0.25) is 0 Å². The fourth-order valence-electron chi connectivity index (χ4n) is 9.00. The molecule has 266 valence electrons. The summed E-state index contributed by atoms with van der Waals surface area (Å²) in [4.78, 5) is 10.7. The van der Waals surface area contributed by atoms with Crippen molar-refractivity contribution in [1.29, 1.82) is 0 Å². The number of rotatable bonds is 4. The lowest BCUT2D eigenvalue weighted by atomic mass is 9.68. The average Bonchev–Trinajstić information content (AvgIpc) is 3.54. The number of nitrogens with zero attached hydrogens (tertiary/aromatic N) is 2. The SMILES string of the molecule is CCC1C=C(c2ccccc2)N=C(c2ccccc2)N=C1c1ccc2c(c1)-c1ccccc1C21c2cc(C(C)(C)C)ccc2-c2ccc(C(C)(C)C)cc21. The van der Waals surface area contributed by atoms with Gasteiger partial charge < -0.3 is 0 Å². The highest BCUT2D eigenvalue weighted by atomic mass is 14.9. The molecular weight excluding hydrogens is 653 g/mol. The van der Waals surface area contributed by atoms with Crippen LogP contribution in [-0.2, 0) is 16.2 Å². The van der Waals surface area contributed by atoms with E-state index in [0.29, 0.717) is 0 Å². The lowest BCUT2D eigenvalue weighted by Crippen LogP contribution is -2.27. The van der Waals surface area contributed by atoms with E-state index >= 15 is 0 Å². The van der Waals surface area contributed by atoms with E-state index in [9.17, 15) is 0 Å². The zero-order valence-electron chi connectivity index (χ0n) is 32.5. The molecule has 3 aliphatic rings. The number of hydrogen-bond donors (Lipinski definition) is 0. The van der Waals surface area contributed by atoms with Gasteiger partial charge in [0.15, 0.2) is 5.84 Å². The van der Waals surface area contributed by atoms with Gasteiger partial charge in [-0.1, -0.05) is 182 Å². The van der Waals surface area contributed by atoms with Crippen LogP contribution in [0.4, 0.5) is 0 Å². The first-order chi connectivity index (χ1) is 26.0. The van der Waals surface area contributed by atoms with Gasteiger partial charge >= 0.3 is 0 Å². The summed E-state index contributed by atoms with van der Waals surface area (Å²) in [6.45, 7) is 16.2. The van der Waals surface area contributed by atoms with Crippen LogP contribution in [0.15, 0.2) is 156 Å². The second-order valence-electron chi connectivity index (χ2n) is 17.3. The Morgan fingerprint density at radius 2 is 1.02 bits per heavy atom. The highest BCUT2D eigenvalue weighted by Crippen LogP contribution is 2.63. The third-order valence-electron chi connectivity index (χ3n) is 11.9. The molecule has 0 aromatic heterocycles. The number of allylic oxidation sites excluding steroid dienone is 1. The Morgan fingerprint density at radius 3 is 1.61 bits per heavy atom. The van der Waals surface area contributed by atoms with Crippen molar-refractivity contribution in [2.24, 2.45) is 15.9 Å². The molecule has 1 aliphatic heterocycles. The maximum Gasteiger partial charge on any atom is 0.160 e. The number of amidine groups is 1. The Labute approximate surface area is 321 Å². The van der Waals surface area contributed by atoms with Gasteiger partial charge in [0, 0.05) is 11.5 Å². The largest absolute Gasteiger partial charge is 0.232 e. The molecular formula is C52H48N2. The molecule has 2 nitrogen and oxygen atoms in total. The Kier molecular flexibility index (Phi) is 7.91. The van der Waals surface area contributed by atoms with Crippen LogP contribution < -0.4 is 0 Å². The van der Waals surface area contributed by atoms with Crippen LogP contribution in [0.1, 0.15) is 105 Å². The van der Waals surface area contributed by atoms with Crippen molar-refractivity contribution in [3.63, 3.8) is 0 Å². The smallest absolute Gasteiger partial charge is 0.160 e. The molecule has 0 N–H and O–H groups in total. The van der Waals surface area contributed by atoms with Gasteiger partial charge in [0.25, 0.3) is 0 Å². The number of benzene rings is 6. The van der Waals surface area contributed by atoms with Gasteiger partial charge in [0.1, 0.15) is 0 Å². The molecule has 0 amide bonds. The van der Waals surface area contributed by atoms with Crippen LogP contribution in [0, 0.1) is 5.92 Å². The molecule has 1 heterocycles. The van der Waals surface area contributed by atoms with Crippen molar-refractivity contribution in [3.8, 4) is 22.3 Å². The fraction of sp³-hybridized carbons (Fsp3) is 0.231. The van der Waals surface area contributed by atoms with Crippen molar-refractivity contribution >= 4 is 17.2 Å². The van der Waals surface area contributed by atoms with Crippen molar-refractivity contribution < 1.29 is 0 Å². The second-order valence-corrected chi connectivity index (χ2v) is 17.3. The van der Waals surface area contributed by atoms with Gasteiger partial charge in [0.2, 0.25) is 0 Å². The van der Waals surface area contributed by atoms with Gasteiger partial charge in [0.05, 0.1) is 16.8 Å². The average molecular weight is 701 g/mol. The van der Waals surface area contributed by atoms with Crippen LogP contribution in [0.25, 0.3) is 28.0 Å². The predicted molar refractivity (Wildman–Crippen MR) is 228 cm³/mol. The highest BCUT2D eigenvalue weighted by molar-refractivity contribution is 6.16. The molecule has 2 heteroatoms. The Balaban J connectivity index is 1.30. The molecule has 54 heavy (non-hydrogen) atoms. The van der Waals surface area contributed by atoms with E-state index in [2.05, 4.69) is 194 Å². The van der Waals surface area contributed by atoms with E-state index in [1.807, 2.05) is 0 Å². The van der Waals surface area contributed by atoms with Gasteiger partial charge in [-0.3, -0.25) is 0 Å². The van der Waals surface area contributed by atoms with E-state index in [1.54, 1.807) is 0 Å². The minimum Gasteiger partial charge on any atom is -0.232 e. The monoisotopic (exact) mass is 700 g/mol. The predicted octanol–water partition coefficient (Wildman–Crippen LogP) is 12.9. The first kappa shape index (κ1) is 34.2. The second kappa shape index (κ2) is 12.5. The Hall–Kier alpha value is -5.60. The van der Waals surface area contributed by atoms with E-state index in [-0.39, 0.29) is 16.7 Å². The van der Waals surface area contributed by atoms with Crippen LogP contribution in [0.5, 0.6) is 0 Å². The van der Waals surface area contributed by atoms with Crippen molar-refractivity contribution in [2.45, 2.75) is 71.1 Å². The van der Waals surface area contributed by atoms with E-state index in [1.165, 1.54) is 55.6 Å². The summed E-state index contributed by atoms with van der Waals surface area (Å²) in [5.74, 6) is 0.836. The standard InChI is InChI=1S/C52H48N2/c1-8-33-30-47(34-17-11-9-12-18-34)53-49(35-19-13-10-14-20-35)54-48(33)36-23-28-44-42(29-36)39-21-15-16-22-43(39)52(44)45-31-37(50(2,3)4)24-26-40(45)41-27-25-38(32-46(41)52)51(5,6)7/h9-33H,8H2,1-7H3. The number of hydrogen-bond acceptors (Lipinski definition) is 2. The molecule has 6 aromatic rings.